The number of hydrogen-bond donors (Lipinski definition) is 2. The summed E-state index contributed by atoms with van der Waals surface area (Å²) in [7, 11) is 1.43. The SMILES string of the molecule is COC(=O)c1c(NC(=S)Nc2ccc(Cn3cccn3)cc2)sc2c1CCCCCC2. The molecule has 0 aliphatic heterocycles. The van der Waals surface area contributed by atoms with Gasteiger partial charge in [0.1, 0.15) is 5.00 Å². The topological polar surface area (TPSA) is 68.2 Å². The predicted octanol–water partition coefficient (Wildman–Crippen LogP) is 5.25. The van der Waals surface area contributed by atoms with Gasteiger partial charge in [-0.2, -0.15) is 5.10 Å². The Morgan fingerprint density at radius 3 is 2.65 bits per heavy atom. The highest BCUT2D eigenvalue weighted by Gasteiger charge is 2.25. The fraction of sp³-hybridized carbons (Fsp3) is 0.348. The molecule has 8 heteroatoms. The first kappa shape index (κ1) is 21.5. The zero-order valence-electron chi connectivity index (χ0n) is 17.5. The number of thiocarbonyl (C=S) groups is 1. The van der Waals surface area contributed by atoms with E-state index in [1.807, 2.05) is 41.2 Å². The third-order valence-corrected chi connectivity index (χ3v) is 6.81. The zero-order valence-corrected chi connectivity index (χ0v) is 19.2. The van der Waals surface area contributed by atoms with Crippen LogP contribution in [-0.4, -0.2) is 28.0 Å². The van der Waals surface area contributed by atoms with Gasteiger partial charge < -0.3 is 15.4 Å². The molecule has 6 nitrogen and oxygen atoms in total. The number of carbonyl (C=O) groups is 1. The maximum atomic E-state index is 12.5. The standard InChI is InChI=1S/C23H26N4O2S2/c1-29-22(28)20-18-7-4-2-3-5-8-19(18)31-21(20)26-23(30)25-17-11-9-16(10-12-17)15-27-14-6-13-24-27/h6,9-14H,2-5,7-8,15H2,1H3,(H2,25,26,30). The second-order valence-electron chi connectivity index (χ2n) is 7.59. The second kappa shape index (κ2) is 10.1. The number of aryl methyl sites for hydroxylation is 1. The molecule has 1 aliphatic carbocycles. The number of rotatable bonds is 5. The summed E-state index contributed by atoms with van der Waals surface area (Å²) >= 11 is 7.16. The number of esters is 1. The van der Waals surface area contributed by atoms with Crippen LogP contribution in [-0.2, 0) is 24.1 Å². The van der Waals surface area contributed by atoms with Gasteiger partial charge in [-0.15, -0.1) is 11.3 Å². The average Bonchev–Trinajstić information content (AvgIpc) is 3.37. The molecule has 0 saturated heterocycles. The summed E-state index contributed by atoms with van der Waals surface area (Å²) < 4.78 is 6.97. The highest BCUT2D eigenvalue weighted by atomic mass is 32.1. The van der Waals surface area contributed by atoms with Crippen molar-refractivity contribution in [1.82, 2.24) is 9.78 Å². The monoisotopic (exact) mass is 454 g/mol. The molecule has 0 atom stereocenters. The number of nitrogens with zero attached hydrogens (tertiary/aromatic N) is 2. The van der Waals surface area contributed by atoms with Crippen molar-refractivity contribution in [3.05, 3.63) is 64.3 Å². The van der Waals surface area contributed by atoms with Crippen LogP contribution in [0.1, 0.15) is 52.0 Å². The Kier molecular flexibility index (Phi) is 6.99. The Hall–Kier alpha value is -2.71. The van der Waals surface area contributed by atoms with E-state index in [2.05, 4.69) is 15.7 Å². The molecule has 162 valence electrons. The van der Waals surface area contributed by atoms with E-state index >= 15 is 0 Å². The fourth-order valence-corrected chi connectivity index (χ4v) is 5.43. The Labute approximate surface area is 191 Å². The molecular formula is C23H26N4O2S2. The van der Waals surface area contributed by atoms with Gasteiger partial charge in [0.05, 0.1) is 19.2 Å². The smallest absolute Gasteiger partial charge is 0.341 e. The lowest BCUT2D eigenvalue weighted by Crippen LogP contribution is -2.20. The van der Waals surface area contributed by atoms with Crippen molar-refractivity contribution in [1.29, 1.82) is 0 Å². The number of nitrogens with one attached hydrogen (secondary N) is 2. The normalized spacial score (nSPS) is 13.6. The van der Waals surface area contributed by atoms with Crippen molar-refractivity contribution in [2.45, 2.75) is 45.1 Å². The number of hydrogen-bond acceptors (Lipinski definition) is 5. The molecule has 0 spiro atoms. The van der Waals surface area contributed by atoms with Crippen molar-refractivity contribution < 1.29 is 9.53 Å². The van der Waals surface area contributed by atoms with Gasteiger partial charge in [0.2, 0.25) is 0 Å². The van der Waals surface area contributed by atoms with E-state index in [1.165, 1.54) is 24.8 Å². The summed E-state index contributed by atoms with van der Waals surface area (Å²) in [5.41, 5.74) is 3.81. The summed E-state index contributed by atoms with van der Waals surface area (Å²) in [6.07, 6.45) is 10.3. The average molecular weight is 455 g/mol. The molecule has 1 aromatic carbocycles. The van der Waals surface area contributed by atoms with Crippen LogP contribution in [0.25, 0.3) is 0 Å². The molecule has 2 aromatic heterocycles. The van der Waals surface area contributed by atoms with E-state index in [0.717, 1.165) is 54.0 Å². The number of fused-ring (bicyclic) bond motifs is 1. The first-order valence-electron chi connectivity index (χ1n) is 10.5. The van der Waals surface area contributed by atoms with Crippen LogP contribution < -0.4 is 10.6 Å². The first-order chi connectivity index (χ1) is 15.1. The third-order valence-electron chi connectivity index (χ3n) is 5.40. The van der Waals surface area contributed by atoms with Gasteiger partial charge in [-0.25, -0.2) is 4.79 Å². The lowest BCUT2D eigenvalue weighted by molar-refractivity contribution is 0.0601. The number of aromatic nitrogens is 2. The largest absolute Gasteiger partial charge is 0.465 e. The Balaban J connectivity index is 1.46. The van der Waals surface area contributed by atoms with Gasteiger partial charge in [0, 0.05) is 23.0 Å². The lowest BCUT2D eigenvalue weighted by Gasteiger charge is -2.12. The van der Waals surface area contributed by atoms with Crippen LogP contribution >= 0.6 is 23.6 Å². The number of carbonyl (C=O) groups excluding carboxylic acids is 1. The number of benzene rings is 1. The van der Waals surface area contributed by atoms with Gasteiger partial charge in [0.25, 0.3) is 0 Å². The van der Waals surface area contributed by atoms with Gasteiger partial charge in [-0.1, -0.05) is 25.0 Å². The van der Waals surface area contributed by atoms with Crippen LogP contribution in [0, 0.1) is 0 Å². The van der Waals surface area contributed by atoms with Crippen LogP contribution in [0.3, 0.4) is 0 Å². The molecule has 1 aliphatic rings. The highest BCUT2D eigenvalue weighted by molar-refractivity contribution is 7.80. The predicted molar refractivity (Wildman–Crippen MR) is 129 cm³/mol. The Morgan fingerprint density at radius 2 is 1.94 bits per heavy atom. The van der Waals surface area contributed by atoms with Gasteiger partial charge in [-0.3, -0.25) is 4.68 Å². The molecule has 0 amide bonds. The van der Waals surface area contributed by atoms with Crippen LogP contribution in [0.2, 0.25) is 0 Å². The molecule has 3 aromatic rings. The summed E-state index contributed by atoms with van der Waals surface area (Å²) in [6.45, 7) is 0.721. The molecule has 2 N–H and O–H groups in total. The lowest BCUT2D eigenvalue weighted by atomic mass is 9.96. The maximum Gasteiger partial charge on any atom is 0.341 e. The number of methoxy groups -OCH3 is 1. The van der Waals surface area contributed by atoms with Gasteiger partial charge in [-0.05, 0) is 67.2 Å². The second-order valence-corrected chi connectivity index (χ2v) is 9.11. The molecule has 0 saturated carbocycles. The summed E-state index contributed by atoms with van der Waals surface area (Å²) in [4.78, 5) is 13.8. The molecule has 31 heavy (non-hydrogen) atoms. The van der Waals surface area contributed by atoms with Crippen LogP contribution in [0.4, 0.5) is 10.7 Å². The van der Waals surface area contributed by atoms with E-state index in [1.54, 1.807) is 17.5 Å². The summed E-state index contributed by atoms with van der Waals surface area (Å²) in [5, 5.41) is 11.9. The summed E-state index contributed by atoms with van der Waals surface area (Å²) in [5.74, 6) is -0.300. The Morgan fingerprint density at radius 1 is 1.16 bits per heavy atom. The quantitative estimate of drug-likeness (QED) is 0.406. The highest BCUT2D eigenvalue weighted by Crippen LogP contribution is 2.37. The molecule has 0 fully saturated rings. The van der Waals surface area contributed by atoms with Gasteiger partial charge in [0.15, 0.2) is 5.11 Å². The van der Waals surface area contributed by atoms with E-state index in [4.69, 9.17) is 17.0 Å². The van der Waals surface area contributed by atoms with E-state index in [9.17, 15) is 4.79 Å². The van der Waals surface area contributed by atoms with Crippen LogP contribution in [0.15, 0.2) is 42.7 Å². The van der Waals surface area contributed by atoms with E-state index in [0.29, 0.717) is 10.7 Å². The number of anilines is 2. The van der Waals surface area contributed by atoms with Crippen molar-refractivity contribution >= 4 is 45.3 Å². The number of thiophene rings is 1. The van der Waals surface area contributed by atoms with Crippen molar-refractivity contribution in [2.75, 3.05) is 17.7 Å². The minimum absolute atomic E-state index is 0.300. The van der Waals surface area contributed by atoms with Gasteiger partial charge >= 0.3 is 5.97 Å². The van der Waals surface area contributed by atoms with Crippen molar-refractivity contribution in [3.63, 3.8) is 0 Å². The van der Waals surface area contributed by atoms with Crippen molar-refractivity contribution in [3.8, 4) is 0 Å². The Bertz CT molecular complexity index is 1040. The van der Waals surface area contributed by atoms with Crippen molar-refractivity contribution in [2.24, 2.45) is 0 Å². The minimum Gasteiger partial charge on any atom is -0.465 e. The third kappa shape index (κ3) is 5.32. The van der Waals surface area contributed by atoms with E-state index in [-0.39, 0.29) is 5.97 Å². The first-order valence-corrected chi connectivity index (χ1v) is 11.7. The fourth-order valence-electron chi connectivity index (χ4n) is 3.87. The van der Waals surface area contributed by atoms with Crippen LogP contribution in [0.5, 0.6) is 0 Å². The molecule has 2 heterocycles. The molecule has 0 bridgehead atoms. The number of ether oxygens (including phenoxy) is 1. The minimum atomic E-state index is -0.300. The zero-order chi connectivity index (χ0) is 21.6. The summed E-state index contributed by atoms with van der Waals surface area (Å²) in [6, 6.07) is 9.98. The molecule has 4 rings (SSSR count). The maximum absolute atomic E-state index is 12.5. The molecular weight excluding hydrogens is 428 g/mol. The van der Waals surface area contributed by atoms with E-state index < -0.39 is 0 Å². The molecule has 0 radical (unpaired) electrons. The molecule has 0 unspecified atom stereocenters.